The number of rotatable bonds is 8. The van der Waals surface area contributed by atoms with Gasteiger partial charge in [-0.3, -0.25) is 0 Å². The molecule has 0 aromatic carbocycles. The average Bonchev–Trinajstić information content (AvgIpc) is 2.37. The molecule has 0 N–H and O–H groups in total. The van der Waals surface area contributed by atoms with Crippen molar-refractivity contribution in [2.75, 3.05) is 0 Å². The van der Waals surface area contributed by atoms with E-state index in [-0.39, 0.29) is 0 Å². The summed E-state index contributed by atoms with van der Waals surface area (Å²) in [5, 5.41) is 0. The maximum Gasteiger partial charge on any atom is -0.0195 e. The summed E-state index contributed by atoms with van der Waals surface area (Å²) in [4.78, 5) is 0. The summed E-state index contributed by atoms with van der Waals surface area (Å²) in [5.74, 6) is 3.34. The molecule has 0 radical (unpaired) electrons. The molecule has 4 atom stereocenters. The predicted octanol–water partition coefficient (Wildman–Crippen LogP) is 6.16. The summed E-state index contributed by atoms with van der Waals surface area (Å²) in [6.07, 6.45) is 5.27. The number of hydrogen-bond donors (Lipinski definition) is 0. The molecule has 0 bridgehead atoms. The monoisotopic (exact) mass is 240 g/mol. The van der Waals surface area contributed by atoms with Crippen LogP contribution in [0.5, 0.6) is 0 Å². The van der Waals surface area contributed by atoms with Gasteiger partial charge in [-0.1, -0.05) is 81.1 Å². The minimum atomic E-state index is 0.535. The lowest BCUT2D eigenvalue weighted by molar-refractivity contribution is -0.0399. The molecule has 0 aromatic heterocycles. The summed E-state index contributed by atoms with van der Waals surface area (Å²) in [7, 11) is 0. The lowest BCUT2D eigenvalue weighted by Crippen LogP contribution is -2.46. The molecule has 0 aliphatic rings. The van der Waals surface area contributed by atoms with E-state index < -0.39 is 0 Å². The van der Waals surface area contributed by atoms with Crippen LogP contribution >= 0.6 is 0 Å². The van der Waals surface area contributed by atoms with Crippen LogP contribution in [0, 0.1) is 29.1 Å². The minimum absolute atomic E-state index is 0.535. The first-order valence-electron chi connectivity index (χ1n) is 7.93. The third-order valence-electron chi connectivity index (χ3n) is 5.86. The quantitative estimate of drug-likeness (QED) is 0.477. The number of hydrogen-bond acceptors (Lipinski definition) is 0. The molecule has 0 saturated carbocycles. The maximum absolute atomic E-state index is 2.49. The second kappa shape index (κ2) is 7.44. The van der Waals surface area contributed by atoms with Crippen molar-refractivity contribution in [3.8, 4) is 0 Å². The van der Waals surface area contributed by atoms with E-state index in [4.69, 9.17) is 0 Å². The Morgan fingerprint density at radius 1 is 0.529 bits per heavy atom. The van der Waals surface area contributed by atoms with Gasteiger partial charge >= 0.3 is 0 Å². The summed E-state index contributed by atoms with van der Waals surface area (Å²) in [6, 6.07) is 0. The summed E-state index contributed by atoms with van der Waals surface area (Å²) in [6.45, 7) is 19.4. The van der Waals surface area contributed by atoms with Crippen molar-refractivity contribution >= 4 is 0 Å². The standard InChI is InChI=1S/C17H36/c1-9-13(5)17(14(6)10-2,15(7)11-3)16(8)12-4/h13-16H,9-12H2,1-8H3/t13-,14-,15+,16+. The Hall–Kier alpha value is 0. The highest BCUT2D eigenvalue weighted by Crippen LogP contribution is 2.53. The van der Waals surface area contributed by atoms with Crippen LogP contribution in [-0.4, -0.2) is 0 Å². The van der Waals surface area contributed by atoms with E-state index in [0.717, 1.165) is 23.7 Å². The Kier molecular flexibility index (Phi) is 7.44. The summed E-state index contributed by atoms with van der Waals surface area (Å²) in [5.41, 5.74) is 0.535. The third-order valence-corrected chi connectivity index (χ3v) is 5.86. The van der Waals surface area contributed by atoms with Crippen molar-refractivity contribution < 1.29 is 0 Å². The van der Waals surface area contributed by atoms with Gasteiger partial charge < -0.3 is 0 Å². The summed E-state index contributed by atoms with van der Waals surface area (Å²) >= 11 is 0. The van der Waals surface area contributed by atoms with E-state index in [1.807, 2.05) is 0 Å². The van der Waals surface area contributed by atoms with E-state index in [1.54, 1.807) is 0 Å². The van der Waals surface area contributed by atoms with Gasteiger partial charge in [0.25, 0.3) is 0 Å². The van der Waals surface area contributed by atoms with Gasteiger partial charge in [0, 0.05) is 0 Å². The Morgan fingerprint density at radius 3 is 0.824 bits per heavy atom. The topological polar surface area (TPSA) is 0 Å². The van der Waals surface area contributed by atoms with E-state index in [2.05, 4.69) is 55.4 Å². The van der Waals surface area contributed by atoms with Crippen molar-refractivity contribution in [1.82, 2.24) is 0 Å². The lowest BCUT2D eigenvalue weighted by atomic mass is 9.52. The van der Waals surface area contributed by atoms with Crippen LogP contribution in [0.4, 0.5) is 0 Å². The van der Waals surface area contributed by atoms with Gasteiger partial charge in [0.05, 0.1) is 0 Å². The van der Waals surface area contributed by atoms with Gasteiger partial charge in [0.2, 0.25) is 0 Å². The molecule has 0 aliphatic heterocycles. The molecule has 0 nitrogen and oxygen atoms in total. The zero-order valence-electron chi connectivity index (χ0n) is 13.6. The van der Waals surface area contributed by atoms with E-state index in [9.17, 15) is 0 Å². The molecular weight excluding hydrogens is 204 g/mol. The highest BCUT2D eigenvalue weighted by molar-refractivity contribution is 4.94. The molecule has 104 valence electrons. The molecular formula is C17H36. The fourth-order valence-corrected chi connectivity index (χ4v) is 4.33. The van der Waals surface area contributed by atoms with Crippen molar-refractivity contribution in [3.63, 3.8) is 0 Å². The van der Waals surface area contributed by atoms with E-state index in [0.29, 0.717) is 5.41 Å². The van der Waals surface area contributed by atoms with Crippen LogP contribution in [0.15, 0.2) is 0 Å². The van der Waals surface area contributed by atoms with Crippen LogP contribution in [0.3, 0.4) is 0 Å². The maximum atomic E-state index is 2.49. The highest BCUT2D eigenvalue weighted by Gasteiger charge is 2.46. The molecule has 0 amide bonds. The fourth-order valence-electron chi connectivity index (χ4n) is 4.33. The average molecular weight is 240 g/mol. The first-order valence-corrected chi connectivity index (χ1v) is 7.93. The summed E-state index contributed by atoms with van der Waals surface area (Å²) < 4.78 is 0. The molecule has 17 heavy (non-hydrogen) atoms. The zero-order chi connectivity index (χ0) is 13.6. The van der Waals surface area contributed by atoms with Crippen LogP contribution in [-0.2, 0) is 0 Å². The minimum Gasteiger partial charge on any atom is -0.0651 e. The Balaban J connectivity index is 5.51. The van der Waals surface area contributed by atoms with Crippen molar-refractivity contribution in [1.29, 1.82) is 0 Å². The smallest absolute Gasteiger partial charge is 0.0195 e. The van der Waals surface area contributed by atoms with Gasteiger partial charge in [-0.2, -0.15) is 0 Å². The normalized spacial score (nSPS) is 19.8. The van der Waals surface area contributed by atoms with Crippen LogP contribution in [0.25, 0.3) is 0 Å². The molecule has 0 spiro atoms. The molecule has 0 aliphatic carbocycles. The zero-order valence-corrected chi connectivity index (χ0v) is 13.6. The molecule has 0 fully saturated rings. The van der Waals surface area contributed by atoms with Crippen LogP contribution in [0.2, 0.25) is 0 Å². The first-order chi connectivity index (χ1) is 7.93. The molecule has 0 unspecified atom stereocenters. The Morgan fingerprint density at radius 2 is 0.706 bits per heavy atom. The van der Waals surface area contributed by atoms with Crippen LogP contribution in [0.1, 0.15) is 81.1 Å². The predicted molar refractivity (Wildman–Crippen MR) is 80.3 cm³/mol. The van der Waals surface area contributed by atoms with Gasteiger partial charge in [0.15, 0.2) is 0 Å². The molecule has 0 saturated heterocycles. The largest absolute Gasteiger partial charge is 0.0651 e. The SMILES string of the molecule is CC[C@@H](C)C([C@H](C)CC)([C@@H](C)CC)[C@@H](C)CC. The van der Waals surface area contributed by atoms with E-state index >= 15 is 0 Å². The van der Waals surface area contributed by atoms with Crippen LogP contribution < -0.4 is 0 Å². The fraction of sp³-hybridized carbons (Fsp3) is 1.00. The molecule has 0 heterocycles. The van der Waals surface area contributed by atoms with Gasteiger partial charge in [0.1, 0.15) is 0 Å². The lowest BCUT2D eigenvalue weighted by Gasteiger charge is -2.52. The van der Waals surface area contributed by atoms with E-state index in [1.165, 1.54) is 25.7 Å². The molecule has 0 heteroatoms. The van der Waals surface area contributed by atoms with Crippen molar-refractivity contribution in [3.05, 3.63) is 0 Å². The van der Waals surface area contributed by atoms with Gasteiger partial charge in [-0.05, 0) is 29.1 Å². The second-order valence-electron chi connectivity index (χ2n) is 6.24. The Labute approximate surface area is 111 Å². The van der Waals surface area contributed by atoms with Gasteiger partial charge in [-0.15, -0.1) is 0 Å². The Bertz CT molecular complexity index is 149. The van der Waals surface area contributed by atoms with Crippen molar-refractivity contribution in [2.24, 2.45) is 29.1 Å². The van der Waals surface area contributed by atoms with Gasteiger partial charge in [-0.25, -0.2) is 0 Å². The second-order valence-corrected chi connectivity index (χ2v) is 6.24. The first kappa shape index (κ1) is 17.0. The molecule has 0 rings (SSSR count). The highest BCUT2D eigenvalue weighted by atomic mass is 14.5. The molecule has 0 aromatic rings. The van der Waals surface area contributed by atoms with Crippen molar-refractivity contribution in [2.45, 2.75) is 81.1 Å². The third kappa shape index (κ3) is 3.06.